The molecule has 1 fully saturated rings. The van der Waals surface area contributed by atoms with Gasteiger partial charge in [-0.3, -0.25) is 19.6 Å². The number of hydrogen-bond donors (Lipinski definition) is 4. The van der Waals surface area contributed by atoms with E-state index in [-0.39, 0.29) is 0 Å². The predicted molar refractivity (Wildman–Crippen MR) is 174 cm³/mol. The monoisotopic (exact) mass is 596 g/mol. The first-order valence-electron chi connectivity index (χ1n) is 15.4. The minimum Gasteiger partial charge on any atom is -0.508 e. The third-order valence-corrected chi connectivity index (χ3v) is 8.47. The molecule has 232 valence electrons. The van der Waals surface area contributed by atoms with Crippen molar-refractivity contribution in [3.63, 3.8) is 0 Å². The molecule has 0 bridgehead atoms. The van der Waals surface area contributed by atoms with Crippen molar-refractivity contribution >= 4 is 0 Å². The van der Waals surface area contributed by atoms with Crippen molar-refractivity contribution in [1.82, 2.24) is 19.6 Å². The molecule has 4 aromatic rings. The van der Waals surface area contributed by atoms with Crippen LogP contribution < -0.4 is 0 Å². The first-order chi connectivity index (χ1) is 21.4. The predicted octanol–water partition coefficient (Wildman–Crippen LogP) is 4.83. The smallest absolute Gasteiger partial charge is 0.120 e. The zero-order valence-corrected chi connectivity index (χ0v) is 25.3. The summed E-state index contributed by atoms with van der Waals surface area (Å²) < 4.78 is 0. The van der Waals surface area contributed by atoms with Gasteiger partial charge in [0.2, 0.25) is 0 Å². The third-order valence-electron chi connectivity index (χ3n) is 8.47. The Balaban J connectivity index is 1.39. The van der Waals surface area contributed by atoms with Crippen LogP contribution in [-0.2, 0) is 26.2 Å². The Kier molecular flexibility index (Phi) is 11.1. The molecular formula is C36H44N4O4. The van der Waals surface area contributed by atoms with Crippen molar-refractivity contribution in [3.05, 3.63) is 119 Å². The fourth-order valence-corrected chi connectivity index (χ4v) is 5.75. The summed E-state index contributed by atoms with van der Waals surface area (Å²) in [5.74, 6) is 1.21. The molecule has 1 aliphatic rings. The van der Waals surface area contributed by atoms with Crippen molar-refractivity contribution in [2.24, 2.45) is 0 Å². The number of nitrogens with zero attached hydrogens (tertiary/aromatic N) is 4. The van der Waals surface area contributed by atoms with E-state index in [2.05, 4.69) is 19.6 Å². The molecule has 0 aliphatic carbocycles. The van der Waals surface area contributed by atoms with Gasteiger partial charge in [-0.05, 0) is 24.3 Å². The maximum absolute atomic E-state index is 10.5. The second kappa shape index (κ2) is 15.6. The van der Waals surface area contributed by atoms with Gasteiger partial charge in [0.1, 0.15) is 23.0 Å². The number of para-hydroxylation sites is 4. The van der Waals surface area contributed by atoms with Crippen LogP contribution in [0.4, 0.5) is 0 Å². The van der Waals surface area contributed by atoms with Crippen molar-refractivity contribution in [2.45, 2.75) is 26.2 Å². The van der Waals surface area contributed by atoms with Gasteiger partial charge in [-0.1, -0.05) is 72.8 Å². The van der Waals surface area contributed by atoms with Gasteiger partial charge in [0.05, 0.1) is 0 Å². The summed E-state index contributed by atoms with van der Waals surface area (Å²) in [5, 5.41) is 42.2. The van der Waals surface area contributed by atoms with E-state index in [1.807, 2.05) is 72.8 Å². The lowest BCUT2D eigenvalue weighted by atomic mass is 10.1. The van der Waals surface area contributed by atoms with Crippen LogP contribution in [0.5, 0.6) is 23.0 Å². The Bertz CT molecular complexity index is 1240. The molecule has 0 radical (unpaired) electrons. The molecule has 0 atom stereocenters. The first kappa shape index (κ1) is 31.3. The van der Waals surface area contributed by atoms with Gasteiger partial charge >= 0.3 is 0 Å². The quantitative estimate of drug-likeness (QED) is 0.230. The minimum atomic E-state index is 0.301. The van der Waals surface area contributed by atoms with Crippen LogP contribution in [0, 0.1) is 0 Å². The minimum absolute atomic E-state index is 0.301. The van der Waals surface area contributed by atoms with Crippen LogP contribution in [0.15, 0.2) is 97.1 Å². The van der Waals surface area contributed by atoms with Crippen molar-refractivity contribution < 1.29 is 20.4 Å². The number of benzene rings is 4. The first-order valence-corrected chi connectivity index (χ1v) is 15.4. The van der Waals surface area contributed by atoms with Crippen LogP contribution in [0.1, 0.15) is 22.3 Å². The van der Waals surface area contributed by atoms with Crippen molar-refractivity contribution in [1.29, 1.82) is 0 Å². The van der Waals surface area contributed by atoms with Crippen LogP contribution in [0.25, 0.3) is 0 Å². The second-order valence-corrected chi connectivity index (χ2v) is 11.6. The largest absolute Gasteiger partial charge is 0.508 e. The second-order valence-electron chi connectivity index (χ2n) is 11.6. The van der Waals surface area contributed by atoms with Gasteiger partial charge in [0, 0.05) is 101 Å². The van der Waals surface area contributed by atoms with Gasteiger partial charge in [0.15, 0.2) is 0 Å². The highest BCUT2D eigenvalue weighted by molar-refractivity contribution is 5.34. The average Bonchev–Trinajstić information content (AvgIpc) is 3.02. The fraction of sp³-hybridized carbons (Fsp3) is 0.333. The van der Waals surface area contributed by atoms with Gasteiger partial charge in [0.25, 0.3) is 0 Å². The molecular weight excluding hydrogens is 552 g/mol. The van der Waals surface area contributed by atoms with E-state index in [1.54, 1.807) is 24.3 Å². The third kappa shape index (κ3) is 8.97. The van der Waals surface area contributed by atoms with E-state index in [0.29, 0.717) is 49.2 Å². The highest BCUT2D eigenvalue weighted by atomic mass is 16.3. The lowest BCUT2D eigenvalue weighted by molar-refractivity contribution is 0.120. The zero-order chi connectivity index (χ0) is 30.7. The summed E-state index contributed by atoms with van der Waals surface area (Å²) in [5.41, 5.74) is 3.58. The molecule has 0 unspecified atom stereocenters. The van der Waals surface area contributed by atoms with Crippen molar-refractivity contribution in [2.75, 3.05) is 52.4 Å². The Labute approximate surface area is 260 Å². The average molecular weight is 597 g/mol. The van der Waals surface area contributed by atoms with E-state index in [4.69, 9.17) is 0 Å². The Morgan fingerprint density at radius 2 is 0.500 bits per heavy atom. The summed E-state index contributed by atoms with van der Waals surface area (Å²) >= 11 is 0. The standard InChI is InChI=1S/C36H44N4O4/c41-33-13-5-1-9-29(33)25-37-17-19-38(26-30-10-2-6-14-34(30)42)21-23-40(28-32-12-4-8-16-36(32)44)24-22-39(20-18-37)27-31-11-3-7-15-35(31)43/h1-16,41-44H,17-28H2. The summed E-state index contributed by atoms with van der Waals surface area (Å²) in [7, 11) is 0. The van der Waals surface area contributed by atoms with E-state index in [9.17, 15) is 20.4 Å². The Morgan fingerprint density at radius 3 is 0.682 bits per heavy atom. The molecule has 0 aromatic heterocycles. The number of phenols is 4. The molecule has 1 heterocycles. The topological polar surface area (TPSA) is 93.9 Å². The van der Waals surface area contributed by atoms with E-state index >= 15 is 0 Å². The lowest BCUT2D eigenvalue weighted by Gasteiger charge is -2.34. The van der Waals surface area contributed by atoms with Crippen molar-refractivity contribution in [3.8, 4) is 23.0 Å². The summed E-state index contributed by atoms with van der Waals surface area (Å²) in [6, 6.07) is 30.1. The SMILES string of the molecule is Oc1ccccc1CN1CCN(Cc2ccccc2O)CCN(Cc2ccccc2O)CCN(Cc2ccccc2O)CC1. The summed E-state index contributed by atoms with van der Waals surface area (Å²) in [4.78, 5) is 9.52. The maximum atomic E-state index is 10.5. The maximum Gasteiger partial charge on any atom is 0.120 e. The van der Waals surface area contributed by atoms with Gasteiger partial charge < -0.3 is 20.4 Å². The molecule has 4 aromatic carbocycles. The molecule has 0 saturated carbocycles. The highest BCUT2D eigenvalue weighted by Gasteiger charge is 2.20. The Morgan fingerprint density at radius 1 is 0.318 bits per heavy atom. The van der Waals surface area contributed by atoms with Gasteiger partial charge in [-0.15, -0.1) is 0 Å². The molecule has 8 heteroatoms. The molecule has 44 heavy (non-hydrogen) atoms. The van der Waals surface area contributed by atoms with Crippen LogP contribution in [-0.4, -0.2) is 92.4 Å². The normalized spacial score (nSPS) is 16.7. The van der Waals surface area contributed by atoms with Gasteiger partial charge in [-0.2, -0.15) is 0 Å². The molecule has 1 aliphatic heterocycles. The van der Waals surface area contributed by atoms with Crippen LogP contribution in [0.3, 0.4) is 0 Å². The Hall–Kier alpha value is -4.08. The molecule has 1 saturated heterocycles. The van der Waals surface area contributed by atoms with Crippen LogP contribution in [0.2, 0.25) is 0 Å². The molecule has 5 rings (SSSR count). The lowest BCUT2D eigenvalue weighted by Crippen LogP contribution is -2.45. The number of rotatable bonds is 8. The van der Waals surface area contributed by atoms with E-state index in [0.717, 1.165) is 74.6 Å². The van der Waals surface area contributed by atoms with E-state index in [1.165, 1.54) is 0 Å². The number of aromatic hydroxyl groups is 4. The highest BCUT2D eigenvalue weighted by Crippen LogP contribution is 2.23. The number of hydrogen-bond acceptors (Lipinski definition) is 8. The molecule has 4 N–H and O–H groups in total. The molecule has 0 spiro atoms. The van der Waals surface area contributed by atoms with Gasteiger partial charge in [-0.25, -0.2) is 0 Å². The summed E-state index contributed by atoms with van der Waals surface area (Å²) in [6.07, 6.45) is 0. The summed E-state index contributed by atoms with van der Waals surface area (Å²) in [6.45, 7) is 8.77. The van der Waals surface area contributed by atoms with E-state index < -0.39 is 0 Å². The zero-order valence-electron chi connectivity index (χ0n) is 25.3. The fourth-order valence-electron chi connectivity index (χ4n) is 5.75. The molecule has 0 amide bonds. The molecule has 8 nitrogen and oxygen atoms in total. The number of phenolic OH excluding ortho intramolecular Hbond substituents is 4. The van der Waals surface area contributed by atoms with Crippen LogP contribution >= 0.6 is 0 Å².